The molecule has 2 spiro atoms. The predicted molar refractivity (Wildman–Crippen MR) is 180 cm³/mol. The van der Waals surface area contributed by atoms with Crippen molar-refractivity contribution in [2.45, 2.75) is 132 Å². The molecule has 5 aliphatic rings. The molecule has 4 fully saturated rings. The first-order valence-corrected chi connectivity index (χ1v) is 19.4. The van der Waals surface area contributed by atoms with Crippen LogP contribution in [0.5, 0.6) is 0 Å². The number of ether oxygens (including phenoxy) is 1. The van der Waals surface area contributed by atoms with E-state index in [2.05, 4.69) is 11.3 Å². The minimum Gasteiger partial charge on any atom is -0.444 e. The molecule has 3 heterocycles. The van der Waals surface area contributed by atoms with Gasteiger partial charge in [-0.25, -0.2) is 17.6 Å². The lowest BCUT2D eigenvalue weighted by Gasteiger charge is -2.33. The lowest BCUT2D eigenvalue weighted by atomic mass is 10.0. The maximum Gasteiger partial charge on any atom is 0.410 e. The smallest absolute Gasteiger partial charge is 0.410 e. The van der Waals surface area contributed by atoms with Crippen LogP contribution in [-0.2, 0) is 42.2 Å². The molecular weight excluding hydrogens is 651 g/mol. The molecule has 2 aliphatic carbocycles. The van der Waals surface area contributed by atoms with E-state index in [1.165, 1.54) is 27.8 Å². The molecule has 1 aromatic carbocycles. The highest BCUT2D eigenvalue weighted by Crippen LogP contribution is 2.52. The third-order valence-electron chi connectivity index (χ3n) is 11.5. The van der Waals surface area contributed by atoms with Gasteiger partial charge in [-0.05, 0) is 43.7 Å². The number of hydrogen-bond donors (Lipinski definition) is 1. The number of carbonyl (C=O) groups is 4. The van der Waals surface area contributed by atoms with E-state index in [-0.39, 0.29) is 44.8 Å². The number of carbonyl (C=O) groups excluding carboxylic acids is 4. The van der Waals surface area contributed by atoms with E-state index in [9.17, 15) is 32.0 Å². The molecule has 49 heavy (non-hydrogen) atoms. The number of benzene rings is 1. The molecule has 4 atom stereocenters. The summed E-state index contributed by atoms with van der Waals surface area (Å²) in [5.74, 6) is -2.38. The van der Waals surface area contributed by atoms with Crippen LogP contribution in [-0.4, -0.2) is 83.0 Å². The monoisotopic (exact) mass is 700 g/mol. The third-order valence-corrected chi connectivity index (χ3v) is 13.7. The van der Waals surface area contributed by atoms with Crippen LogP contribution < -0.4 is 4.72 Å². The lowest BCUT2D eigenvalue weighted by molar-refractivity contribution is -0.147. The highest BCUT2D eigenvalue weighted by Gasteiger charge is 2.66. The molecule has 2 saturated heterocycles. The number of nitrogens with one attached hydrogen (secondary N) is 1. The number of likely N-dealkylation sites (N-methyl/N-ethyl adjacent to an activating group) is 1. The summed E-state index contributed by atoms with van der Waals surface area (Å²) in [6, 6.07) is 3.69. The number of sulfonamides is 1. The summed E-state index contributed by atoms with van der Waals surface area (Å²) in [4.78, 5) is 59.2. The Bertz CT molecular complexity index is 1600. The Morgan fingerprint density at radius 1 is 1.00 bits per heavy atom. The van der Waals surface area contributed by atoms with Crippen LogP contribution >= 0.6 is 0 Å². The molecule has 0 radical (unpaired) electrons. The summed E-state index contributed by atoms with van der Waals surface area (Å²) < 4.78 is 48.8. The largest absolute Gasteiger partial charge is 0.444 e. The maximum absolute atomic E-state index is 14.3. The van der Waals surface area contributed by atoms with E-state index in [1.54, 1.807) is 18.2 Å². The molecule has 1 N–H and O–H groups in total. The molecule has 13 heteroatoms. The first-order chi connectivity index (χ1) is 23.4. The second-order valence-electron chi connectivity index (χ2n) is 14.7. The highest BCUT2D eigenvalue weighted by molar-refractivity contribution is 7.91. The van der Waals surface area contributed by atoms with Gasteiger partial charge in [0.05, 0.1) is 17.8 Å². The molecule has 6 rings (SSSR count). The molecule has 0 aromatic heterocycles. The summed E-state index contributed by atoms with van der Waals surface area (Å²) in [7, 11) is -2.53. The van der Waals surface area contributed by atoms with Crippen molar-refractivity contribution in [2.24, 2.45) is 5.92 Å². The first-order valence-electron chi connectivity index (χ1n) is 17.9. The zero-order valence-electron chi connectivity index (χ0n) is 28.5. The van der Waals surface area contributed by atoms with Crippen LogP contribution in [0.25, 0.3) is 0 Å². The predicted octanol–water partition coefficient (Wildman–Crippen LogP) is 4.93. The summed E-state index contributed by atoms with van der Waals surface area (Å²) in [6.07, 6.45) is 10.6. The van der Waals surface area contributed by atoms with E-state index in [4.69, 9.17) is 4.74 Å². The second-order valence-corrected chi connectivity index (χ2v) is 16.8. The second kappa shape index (κ2) is 14.0. The molecule has 268 valence electrons. The Balaban J connectivity index is 1.21. The van der Waals surface area contributed by atoms with E-state index in [0.717, 1.165) is 51.4 Å². The number of rotatable bonds is 2. The van der Waals surface area contributed by atoms with Crippen LogP contribution in [0.3, 0.4) is 0 Å². The Kier molecular flexibility index (Phi) is 10.1. The molecule has 1 aromatic rings. The summed E-state index contributed by atoms with van der Waals surface area (Å²) in [5, 5.41) is 0. The zero-order chi connectivity index (χ0) is 35.0. The molecule has 4 amide bonds. The van der Waals surface area contributed by atoms with Gasteiger partial charge in [-0.3, -0.25) is 24.0 Å². The Morgan fingerprint density at radius 3 is 2.31 bits per heavy atom. The van der Waals surface area contributed by atoms with Gasteiger partial charge < -0.3 is 14.5 Å². The quantitative estimate of drug-likeness (QED) is 0.433. The van der Waals surface area contributed by atoms with Crippen LogP contribution in [0, 0.1) is 11.7 Å². The van der Waals surface area contributed by atoms with Crippen LogP contribution in [0.4, 0.5) is 9.18 Å². The van der Waals surface area contributed by atoms with E-state index in [0.29, 0.717) is 36.8 Å². The van der Waals surface area contributed by atoms with Crippen LogP contribution in [0.1, 0.15) is 107 Å². The van der Waals surface area contributed by atoms with Crippen LogP contribution in [0.2, 0.25) is 0 Å². The summed E-state index contributed by atoms with van der Waals surface area (Å²) >= 11 is 0. The molecule has 0 bridgehead atoms. The van der Waals surface area contributed by atoms with Gasteiger partial charge in [-0.1, -0.05) is 69.6 Å². The summed E-state index contributed by atoms with van der Waals surface area (Å²) in [6.45, 7) is 4.09. The van der Waals surface area contributed by atoms with Crippen molar-refractivity contribution in [3.05, 3.63) is 47.8 Å². The van der Waals surface area contributed by atoms with Crippen molar-refractivity contribution in [3.8, 4) is 0 Å². The molecular formula is C36H49FN4O7S. The normalized spacial score (nSPS) is 30.7. The fourth-order valence-electron chi connectivity index (χ4n) is 8.11. The molecule has 11 nitrogen and oxygen atoms in total. The third kappa shape index (κ3) is 6.96. The highest BCUT2D eigenvalue weighted by atomic mass is 32.2. The minimum absolute atomic E-state index is 0.00491. The van der Waals surface area contributed by atoms with Crippen molar-refractivity contribution in [3.63, 3.8) is 0 Å². The van der Waals surface area contributed by atoms with Crippen molar-refractivity contribution >= 4 is 33.8 Å². The Hall–Kier alpha value is -3.48. The first kappa shape index (κ1) is 35.3. The van der Waals surface area contributed by atoms with Gasteiger partial charge in [0.25, 0.3) is 5.91 Å². The SMILES string of the molecule is C=C[C@@H]1C[C@]12C(=O)NS(=O)(=O)C1(CCCCCCCCCCCC(=O)N3C[C@H](OC(=O)N4Cc5cccc(F)c5C4)C[C@H]3C(=O)N2C)CC1. The lowest BCUT2D eigenvalue weighted by Crippen LogP contribution is -2.57. The van der Waals surface area contributed by atoms with E-state index < -0.39 is 62.1 Å². The number of amides is 4. The molecule has 2 saturated carbocycles. The van der Waals surface area contributed by atoms with Crippen molar-refractivity contribution < 1.29 is 36.7 Å². The number of nitrogens with zero attached hydrogens (tertiary/aromatic N) is 3. The Labute approximate surface area is 288 Å². The van der Waals surface area contributed by atoms with Gasteiger partial charge in [0.15, 0.2) is 0 Å². The van der Waals surface area contributed by atoms with Gasteiger partial charge in [-0.2, -0.15) is 0 Å². The van der Waals surface area contributed by atoms with Crippen LogP contribution in [0.15, 0.2) is 30.9 Å². The fraction of sp³-hybridized carbons (Fsp3) is 0.667. The molecule has 3 aliphatic heterocycles. The van der Waals surface area contributed by atoms with Gasteiger partial charge >= 0.3 is 6.09 Å². The Morgan fingerprint density at radius 2 is 1.67 bits per heavy atom. The average Bonchev–Trinajstić information content (AvgIpc) is 3.93. The van der Waals surface area contributed by atoms with Gasteiger partial charge in [0.1, 0.15) is 23.5 Å². The zero-order valence-corrected chi connectivity index (χ0v) is 29.3. The standard InChI is InChI=1S/C36H49FN4O7S/c1-3-26-21-36(26)33(44)38-49(46,47)35(18-19-35)17-12-10-8-6-4-5-7-9-11-16-31(42)41-23-27(20-30(41)32(43)39(36)2)48-34(45)40-22-25-14-13-15-29(37)28(25)24-40/h3,13-15,26-27,30H,1,4-12,16-24H2,2H3,(H,38,44)/t26-,27-,30+,36-/m1/s1. The number of fused-ring (bicyclic) bond motifs is 2. The van der Waals surface area contributed by atoms with Crippen molar-refractivity contribution in [2.75, 3.05) is 13.6 Å². The van der Waals surface area contributed by atoms with Crippen molar-refractivity contribution in [1.29, 1.82) is 0 Å². The van der Waals surface area contributed by atoms with E-state index >= 15 is 0 Å². The fourth-order valence-corrected chi connectivity index (χ4v) is 9.80. The average molecular weight is 701 g/mol. The maximum atomic E-state index is 14.3. The summed E-state index contributed by atoms with van der Waals surface area (Å²) in [5.41, 5.74) is -0.323. The number of hydrogen-bond acceptors (Lipinski definition) is 7. The van der Waals surface area contributed by atoms with Gasteiger partial charge in [0.2, 0.25) is 21.8 Å². The topological polar surface area (TPSA) is 133 Å². The number of halogens is 1. The van der Waals surface area contributed by atoms with E-state index in [1.807, 2.05) is 0 Å². The minimum atomic E-state index is -4.00. The van der Waals surface area contributed by atoms with Crippen molar-refractivity contribution in [1.82, 2.24) is 19.4 Å². The van der Waals surface area contributed by atoms with Gasteiger partial charge in [0, 0.05) is 37.9 Å². The molecule has 0 unspecified atom stereocenters. The van der Waals surface area contributed by atoms with Gasteiger partial charge in [-0.15, -0.1) is 6.58 Å².